The standard InChI is InChI=1S/C15H19FN2O2S2/c1-2-3-10-22(19,20)17-9-8-12-11-21-15(18-12)13-6-4-5-7-14(13)16/h4-7,11,17H,2-3,8-10H2,1H3. The molecule has 1 heterocycles. The summed E-state index contributed by atoms with van der Waals surface area (Å²) in [7, 11) is -3.20. The Balaban J connectivity index is 1.92. The first-order valence-corrected chi connectivity index (χ1v) is 9.71. The van der Waals surface area contributed by atoms with Crippen molar-refractivity contribution in [2.75, 3.05) is 12.3 Å². The van der Waals surface area contributed by atoms with Crippen molar-refractivity contribution in [2.45, 2.75) is 26.2 Å². The summed E-state index contributed by atoms with van der Waals surface area (Å²) in [5.41, 5.74) is 1.24. The molecule has 2 rings (SSSR count). The highest BCUT2D eigenvalue weighted by Gasteiger charge is 2.11. The summed E-state index contributed by atoms with van der Waals surface area (Å²) in [5, 5.41) is 2.45. The number of nitrogens with one attached hydrogen (secondary N) is 1. The van der Waals surface area contributed by atoms with Crippen LogP contribution >= 0.6 is 11.3 Å². The van der Waals surface area contributed by atoms with Crippen LogP contribution in [0.1, 0.15) is 25.5 Å². The van der Waals surface area contributed by atoms with Gasteiger partial charge in [0.15, 0.2) is 0 Å². The number of hydrogen-bond donors (Lipinski definition) is 1. The molecule has 1 aromatic carbocycles. The molecule has 0 saturated heterocycles. The minimum atomic E-state index is -3.20. The number of halogens is 1. The zero-order valence-corrected chi connectivity index (χ0v) is 14.0. The molecule has 22 heavy (non-hydrogen) atoms. The summed E-state index contributed by atoms with van der Waals surface area (Å²) in [5.74, 6) is -0.148. The molecule has 1 N–H and O–H groups in total. The van der Waals surface area contributed by atoms with Gasteiger partial charge in [0.1, 0.15) is 10.8 Å². The van der Waals surface area contributed by atoms with Gasteiger partial charge in [-0.15, -0.1) is 11.3 Å². The zero-order chi connectivity index (χ0) is 16.0. The van der Waals surface area contributed by atoms with Crippen molar-refractivity contribution in [3.8, 4) is 10.6 Å². The van der Waals surface area contributed by atoms with E-state index in [1.54, 1.807) is 18.2 Å². The van der Waals surface area contributed by atoms with E-state index in [-0.39, 0.29) is 11.6 Å². The molecule has 0 aliphatic carbocycles. The van der Waals surface area contributed by atoms with Crippen molar-refractivity contribution < 1.29 is 12.8 Å². The smallest absolute Gasteiger partial charge is 0.211 e. The van der Waals surface area contributed by atoms with Crippen LogP contribution in [0.25, 0.3) is 10.6 Å². The van der Waals surface area contributed by atoms with Crippen molar-refractivity contribution in [1.29, 1.82) is 0 Å². The molecule has 7 heteroatoms. The fourth-order valence-electron chi connectivity index (χ4n) is 1.92. The van der Waals surface area contributed by atoms with Gasteiger partial charge in [-0.25, -0.2) is 22.5 Å². The van der Waals surface area contributed by atoms with E-state index in [0.717, 1.165) is 12.1 Å². The monoisotopic (exact) mass is 342 g/mol. The van der Waals surface area contributed by atoms with Crippen LogP contribution in [0.4, 0.5) is 4.39 Å². The van der Waals surface area contributed by atoms with Gasteiger partial charge in [0.2, 0.25) is 10.0 Å². The van der Waals surface area contributed by atoms with Crippen LogP contribution in [-0.2, 0) is 16.4 Å². The van der Waals surface area contributed by atoms with E-state index in [1.165, 1.54) is 17.4 Å². The van der Waals surface area contributed by atoms with Gasteiger partial charge < -0.3 is 0 Å². The van der Waals surface area contributed by atoms with Crippen molar-refractivity contribution in [2.24, 2.45) is 0 Å². The molecule has 0 spiro atoms. The van der Waals surface area contributed by atoms with Gasteiger partial charge >= 0.3 is 0 Å². The highest BCUT2D eigenvalue weighted by molar-refractivity contribution is 7.89. The molecule has 1 aromatic heterocycles. The fourth-order valence-corrected chi connectivity index (χ4v) is 4.03. The molecule has 0 amide bonds. The average Bonchev–Trinajstić information content (AvgIpc) is 2.94. The van der Waals surface area contributed by atoms with Gasteiger partial charge in [0, 0.05) is 23.9 Å². The number of sulfonamides is 1. The van der Waals surface area contributed by atoms with E-state index < -0.39 is 10.0 Å². The van der Waals surface area contributed by atoms with Crippen molar-refractivity contribution >= 4 is 21.4 Å². The molecular weight excluding hydrogens is 323 g/mol. The second-order valence-corrected chi connectivity index (χ2v) is 7.73. The number of nitrogens with zero attached hydrogens (tertiary/aromatic N) is 1. The molecule has 4 nitrogen and oxygen atoms in total. The summed E-state index contributed by atoms with van der Waals surface area (Å²) < 4.78 is 39.6. The van der Waals surface area contributed by atoms with E-state index in [0.29, 0.717) is 30.0 Å². The van der Waals surface area contributed by atoms with Crippen LogP contribution in [0.3, 0.4) is 0 Å². The predicted molar refractivity (Wildman–Crippen MR) is 87.9 cm³/mol. The molecule has 0 fully saturated rings. The van der Waals surface area contributed by atoms with Gasteiger partial charge in [-0.05, 0) is 18.6 Å². The van der Waals surface area contributed by atoms with Crippen molar-refractivity contribution in [3.05, 3.63) is 41.2 Å². The molecule has 120 valence electrons. The Kier molecular flexibility index (Phi) is 6.05. The summed E-state index contributed by atoms with van der Waals surface area (Å²) in [6, 6.07) is 6.49. The number of thiazole rings is 1. The van der Waals surface area contributed by atoms with Crippen LogP contribution in [0.15, 0.2) is 29.6 Å². The van der Waals surface area contributed by atoms with Crippen LogP contribution in [0.5, 0.6) is 0 Å². The number of hydrogen-bond acceptors (Lipinski definition) is 4. The van der Waals surface area contributed by atoms with E-state index in [1.807, 2.05) is 12.3 Å². The van der Waals surface area contributed by atoms with Crippen LogP contribution in [-0.4, -0.2) is 25.7 Å². The Hall–Kier alpha value is -1.31. The Morgan fingerprint density at radius 3 is 2.82 bits per heavy atom. The normalized spacial score (nSPS) is 11.7. The van der Waals surface area contributed by atoms with Crippen LogP contribution in [0.2, 0.25) is 0 Å². The lowest BCUT2D eigenvalue weighted by Crippen LogP contribution is -2.28. The summed E-state index contributed by atoms with van der Waals surface area (Å²) in [6.07, 6.45) is 2.00. The quantitative estimate of drug-likeness (QED) is 0.801. The van der Waals surface area contributed by atoms with E-state index >= 15 is 0 Å². The van der Waals surface area contributed by atoms with Gasteiger partial charge in [-0.1, -0.05) is 25.5 Å². The van der Waals surface area contributed by atoms with Gasteiger partial charge in [0.25, 0.3) is 0 Å². The van der Waals surface area contributed by atoms with Crippen LogP contribution < -0.4 is 4.72 Å². The maximum absolute atomic E-state index is 13.7. The van der Waals surface area contributed by atoms with E-state index in [9.17, 15) is 12.8 Å². The second kappa shape index (κ2) is 7.80. The summed E-state index contributed by atoms with van der Waals surface area (Å²) in [4.78, 5) is 4.37. The molecule has 0 bridgehead atoms. The average molecular weight is 342 g/mol. The number of rotatable bonds is 8. The fraction of sp³-hybridized carbons (Fsp3) is 0.400. The lowest BCUT2D eigenvalue weighted by Gasteiger charge is -2.04. The van der Waals surface area contributed by atoms with E-state index in [4.69, 9.17) is 0 Å². The van der Waals surface area contributed by atoms with Gasteiger partial charge in [-0.2, -0.15) is 0 Å². The predicted octanol–water partition coefficient (Wildman–Crippen LogP) is 3.21. The third-order valence-corrected chi connectivity index (χ3v) is 5.52. The highest BCUT2D eigenvalue weighted by atomic mass is 32.2. The second-order valence-electron chi connectivity index (χ2n) is 4.94. The number of benzene rings is 1. The maximum Gasteiger partial charge on any atom is 0.211 e. The van der Waals surface area contributed by atoms with Crippen molar-refractivity contribution in [3.63, 3.8) is 0 Å². The maximum atomic E-state index is 13.7. The van der Waals surface area contributed by atoms with Crippen LogP contribution in [0, 0.1) is 5.82 Å². The first kappa shape index (κ1) is 17.1. The minimum Gasteiger partial charge on any atom is -0.241 e. The Bertz CT molecular complexity index is 714. The number of unbranched alkanes of at least 4 members (excludes halogenated alkanes) is 1. The molecule has 0 atom stereocenters. The summed E-state index contributed by atoms with van der Waals surface area (Å²) >= 11 is 1.36. The van der Waals surface area contributed by atoms with Crippen molar-refractivity contribution in [1.82, 2.24) is 9.71 Å². The lowest BCUT2D eigenvalue weighted by atomic mass is 10.2. The molecule has 0 saturated carbocycles. The van der Waals surface area contributed by atoms with Gasteiger partial charge in [-0.3, -0.25) is 0 Å². The van der Waals surface area contributed by atoms with Gasteiger partial charge in [0.05, 0.1) is 11.4 Å². The third-order valence-electron chi connectivity index (χ3n) is 3.13. The van der Waals surface area contributed by atoms with E-state index in [2.05, 4.69) is 9.71 Å². The topological polar surface area (TPSA) is 59.1 Å². The number of aromatic nitrogens is 1. The zero-order valence-electron chi connectivity index (χ0n) is 12.4. The summed E-state index contributed by atoms with van der Waals surface area (Å²) in [6.45, 7) is 2.27. The largest absolute Gasteiger partial charge is 0.241 e. The first-order chi connectivity index (χ1) is 10.5. The minimum absolute atomic E-state index is 0.154. The molecule has 0 aliphatic heterocycles. The Labute approximate surface area is 134 Å². The third kappa shape index (κ3) is 4.86. The highest BCUT2D eigenvalue weighted by Crippen LogP contribution is 2.26. The molecule has 2 aromatic rings. The first-order valence-electron chi connectivity index (χ1n) is 7.18. The molecule has 0 unspecified atom stereocenters. The Morgan fingerprint density at radius 2 is 2.09 bits per heavy atom. The molecule has 0 aliphatic rings. The molecule has 0 radical (unpaired) electrons. The lowest BCUT2D eigenvalue weighted by molar-refractivity contribution is 0.578. The SMILES string of the molecule is CCCCS(=O)(=O)NCCc1csc(-c2ccccc2F)n1. The molecular formula is C15H19FN2O2S2. The Morgan fingerprint density at radius 1 is 1.32 bits per heavy atom.